The van der Waals surface area contributed by atoms with E-state index in [1.54, 1.807) is 31.7 Å². The second-order valence-corrected chi connectivity index (χ2v) is 8.76. The summed E-state index contributed by atoms with van der Waals surface area (Å²) in [6, 6.07) is 9.40. The van der Waals surface area contributed by atoms with Crippen molar-refractivity contribution in [2.75, 3.05) is 33.8 Å². The summed E-state index contributed by atoms with van der Waals surface area (Å²) >= 11 is 1.19. The maximum absolute atomic E-state index is 12.0. The first-order valence-corrected chi connectivity index (χ1v) is 10.9. The first-order valence-electron chi connectivity index (χ1n) is 8.57. The van der Waals surface area contributed by atoms with E-state index in [2.05, 4.69) is 26.4 Å². The molecule has 0 atom stereocenters. The van der Waals surface area contributed by atoms with Crippen molar-refractivity contribution in [1.29, 1.82) is 0 Å². The van der Waals surface area contributed by atoms with E-state index in [0.29, 0.717) is 23.3 Å². The van der Waals surface area contributed by atoms with Gasteiger partial charge < -0.3 is 15.4 Å². The predicted molar refractivity (Wildman–Crippen MR) is 110 cm³/mol. The van der Waals surface area contributed by atoms with E-state index in [9.17, 15) is 8.42 Å². The van der Waals surface area contributed by atoms with Gasteiger partial charge >= 0.3 is 0 Å². The van der Waals surface area contributed by atoms with E-state index in [0.717, 1.165) is 17.7 Å². The van der Waals surface area contributed by atoms with Crippen LogP contribution in [0.3, 0.4) is 0 Å². The average Bonchev–Trinajstić information content (AvgIpc) is 3.19. The highest BCUT2D eigenvalue weighted by atomic mass is 32.2. The number of nitrogens with zero attached hydrogens (tertiary/aromatic N) is 1. The Morgan fingerprint density at radius 2 is 1.96 bits per heavy atom. The third-order valence-electron chi connectivity index (χ3n) is 3.82. The van der Waals surface area contributed by atoms with Crippen LogP contribution >= 0.6 is 11.3 Å². The summed E-state index contributed by atoms with van der Waals surface area (Å²) in [5, 5.41) is 8.06. The summed E-state index contributed by atoms with van der Waals surface area (Å²) in [6.45, 7) is 3.43. The fourth-order valence-corrected chi connectivity index (χ4v) is 4.56. The van der Waals surface area contributed by atoms with Crippen LogP contribution in [0.1, 0.15) is 11.1 Å². The van der Waals surface area contributed by atoms with Crippen molar-refractivity contribution >= 4 is 27.3 Å². The molecule has 3 N–H and O–H groups in total. The molecule has 2 rings (SSSR count). The fraction of sp³-hybridized carbons (Fsp3) is 0.389. The zero-order valence-electron chi connectivity index (χ0n) is 15.8. The second kappa shape index (κ2) is 10.3. The van der Waals surface area contributed by atoms with E-state index in [4.69, 9.17) is 4.74 Å². The predicted octanol–water partition coefficient (Wildman–Crippen LogP) is 1.75. The van der Waals surface area contributed by atoms with Crippen molar-refractivity contribution in [3.8, 4) is 5.75 Å². The Balaban J connectivity index is 1.74. The van der Waals surface area contributed by atoms with Gasteiger partial charge in [-0.05, 0) is 36.4 Å². The number of sulfonamides is 1. The normalized spacial score (nSPS) is 12.0. The number of aliphatic imine (C=N–C) groups is 1. The summed E-state index contributed by atoms with van der Waals surface area (Å²) in [5.41, 5.74) is 2.32. The molecule has 0 unspecified atom stereocenters. The molecule has 0 amide bonds. The van der Waals surface area contributed by atoms with Crippen LogP contribution in [0.5, 0.6) is 5.75 Å². The SMILES string of the molecule is CN=C(NCCNS(=O)(=O)c1cccs1)NCCc1cc(C)ccc1OC. The highest BCUT2D eigenvalue weighted by Crippen LogP contribution is 2.19. The van der Waals surface area contributed by atoms with Gasteiger partial charge in [-0.3, -0.25) is 4.99 Å². The van der Waals surface area contributed by atoms with Crippen molar-refractivity contribution < 1.29 is 13.2 Å². The summed E-state index contributed by atoms with van der Waals surface area (Å²) in [6.07, 6.45) is 0.788. The molecule has 1 aromatic carbocycles. The quantitative estimate of drug-likeness (QED) is 0.333. The number of ether oxygens (including phenoxy) is 1. The zero-order valence-corrected chi connectivity index (χ0v) is 17.4. The van der Waals surface area contributed by atoms with Crippen LogP contribution in [0.2, 0.25) is 0 Å². The summed E-state index contributed by atoms with van der Waals surface area (Å²) in [4.78, 5) is 4.15. The van der Waals surface area contributed by atoms with Gasteiger partial charge in [-0.1, -0.05) is 23.8 Å². The van der Waals surface area contributed by atoms with Gasteiger partial charge in [0.15, 0.2) is 5.96 Å². The molecule has 0 fully saturated rings. The molecule has 0 aliphatic carbocycles. The maximum Gasteiger partial charge on any atom is 0.250 e. The highest BCUT2D eigenvalue weighted by Gasteiger charge is 2.13. The molecule has 0 bridgehead atoms. The van der Waals surface area contributed by atoms with E-state index in [1.807, 2.05) is 19.1 Å². The van der Waals surface area contributed by atoms with E-state index >= 15 is 0 Å². The van der Waals surface area contributed by atoms with Gasteiger partial charge in [0.05, 0.1) is 7.11 Å². The Morgan fingerprint density at radius 1 is 1.19 bits per heavy atom. The van der Waals surface area contributed by atoms with Gasteiger partial charge in [0.25, 0.3) is 0 Å². The smallest absolute Gasteiger partial charge is 0.250 e. The Morgan fingerprint density at radius 3 is 2.63 bits per heavy atom. The molecular weight excluding hydrogens is 384 g/mol. The third-order valence-corrected chi connectivity index (χ3v) is 6.67. The largest absolute Gasteiger partial charge is 0.496 e. The number of methoxy groups -OCH3 is 1. The second-order valence-electron chi connectivity index (χ2n) is 5.82. The number of hydrogen-bond acceptors (Lipinski definition) is 5. The number of benzene rings is 1. The van der Waals surface area contributed by atoms with Crippen LogP contribution in [0.25, 0.3) is 0 Å². The van der Waals surface area contributed by atoms with E-state index in [1.165, 1.54) is 16.9 Å². The molecule has 7 nitrogen and oxygen atoms in total. The lowest BCUT2D eigenvalue weighted by Gasteiger charge is -2.14. The van der Waals surface area contributed by atoms with Crippen molar-refractivity contribution in [1.82, 2.24) is 15.4 Å². The average molecular weight is 411 g/mol. The molecule has 0 saturated carbocycles. The summed E-state index contributed by atoms with van der Waals surface area (Å²) in [7, 11) is -0.0871. The number of hydrogen-bond donors (Lipinski definition) is 3. The molecule has 1 aromatic heterocycles. The maximum atomic E-state index is 12.0. The third kappa shape index (κ3) is 6.53. The molecule has 0 aliphatic rings. The lowest BCUT2D eigenvalue weighted by Crippen LogP contribution is -2.42. The molecule has 27 heavy (non-hydrogen) atoms. The van der Waals surface area contributed by atoms with Crippen LogP contribution in [-0.2, 0) is 16.4 Å². The molecule has 148 valence electrons. The van der Waals surface area contributed by atoms with Crippen LogP contribution in [0, 0.1) is 6.92 Å². The molecule has 1 heterocycles. The Bertz CT molecular complexity index is 849. The molecule has 2 aromatic rings. The number of thiophene rings is 1. The Labute approximate surface area is 164 Å². The van der Waals surface area contributed by atoms with Gasteiger partial charge in [0.1, 0.15) is 9.96 Å². The monoisotopic (exact) mass is 410 g/mol. The topological polar surface area (TPSA) is 91.8 Å². The lowest BCUT2D eigenvalue weighted by atomic mass is 10.1. The zero-order chi connectivity index (χ0) is 19.7. The van der Waals surface area contributed by atoms with Crippen molar-refractivity contribution in [3.63, 3.8) is 0 Å². The van der Waals surface area contributed by atoms with Gasteiger partial charge in [-0.15, -0.1) is 11.3 Å². The van der Waals surface area contributed by atoms with Crippen molar-refractivity contribution in [3.05, 3.63) is 46.8 Å². The van der Waals surface area contributed by atoms with Crippen molar-refractivity contribution in [2.45, 2.75) is 17.6 Å². The van der Waals surface area contributed by atoms with Gasteiger partial charge in [0.2, 0.25) is 10.0 Å². The van der Waals surface area contributed by atoms with Crippen LogP contribution in [0.4, 0.5) is 0 Å². The van der Waals surface area contributed by atoms with E-state index < -0.39 is 10.0 Å². The Hall–Kier alpha value is -2.10. The standard InChI is InChI=1S/C18H26N4O3S2/c1-14-6-7-16(25-3)15(13-14)8-9-20-18(19-2)21-10-11-22-27(23,24)17-5-4-12-26-17/h4-7,12-13,22H,8-11H2,1-3H3,(H2,19,20,21). The number of rotatable bonds is 9. The molecule has 0 saturated heterocycles. The summed E-state index contributed by atoms with van der Waals surface area (Å²) in [5.74, 6) is 1.49. The van der Waals surface area contributed by atoms with Gasteiger partial charge in [0, 0.05) is 26.7 Å². The minimum absolute atomic E-state index is 0.270. The molecule has 9 heteroatoms. The fourth-order valence-electron chi connectivity index (χ4n) is 2.49. The van der Waals surface area contributed by atoms with Gasteiger partial charge in [-0.2, -0.15) is 0 Å². The molecular formula is C18H26N4O3S2. The molecule has 0 spiro atoms. The molecule has 0 aliphatic heterocycles. The Kier molecular flexibility index (Phi) is 8.08. The first kappa shape index (κ1) is 21.2. The lowest BCUT2D eigenvalue weighted by molar-refractivity contribution is 0.409. The van der Waals surface area contributed by atoms with Crippen LogP contribution < -0.4 is 20.1 Å². The summed E-state index contributed by atoms with van der Waals surface area (Å²) < 4.78 is 32.3. The number of aryl methyl sites for hydroxylation is 1. The first-order chi connectivity index (χ1) is 13.0. The molecule has 0 radical (unpaired) electrons. The van der Waals surface area contributed by atoms with Crippen LogP contribution in [-0.4, -0.2) is 48.2 Å². The minimum Gasteiger partial charge on any atom is -0.496 e. The van der Waals surface area contributed by atoms with Crippen molar-refractivity contribution in [2.24, 2.45) is 4.99 Å². The van der Waals surface area contributed by atoms with Gasteiger partial charge in [-0.25, -0.2) is 13.1 Å². The highest BCUT2D eigenvalue weighted by molar-refractivity contribution is 7.91. The van der Waals surface area contributed by atoms with Crippen LogP contribution in [0.15, 0.2) is 44.9 Å². The number of guanidine groups is 1. The minimum atomic E-state index is -3.43. The number of nitrogens with one attached hydrogen (secondary N) is 3. The van der Waals surface area contributed by atoms with E-state index in [-0.39, 0.29) is 6.54 Å².